The Morgan fingerprint density at radius 2 is 2.00 bits per heavy atom. The maximum absolute atomic E-state index is 12.6. The van der Waals surface area contributed by atoms with Gasteiger partial charge in [0.15, 0.2) is 6.61 Å². The van der Waals surface area contributed by atoms with E-state index in [9.17, 15) is 17.6 Å². The van der Waals surface area contributed by atoms with Gasteiger partial charge in [-0.25, -0.2) is 8.78 Å². The Balaban J connectivity index is 2.77. The standard InChI is InChI=1S/C11H7ClF4O/c1-2-7-3-8(12)5-9(4-7)17-6-11(15,16)10(13)14/h1,3-5,10H,6H2. The number of benzene rings is 1. The first kappa shape index (κ1) is 13.7. The van der Waals surface area contributed by atoms with Crippen molar-refractivity contribution in [3.63, 3.8) is 0 Å². The van der Waals surface area contributed by atoms with Crippen LogP contribution in [0.15, 0.2) is 18.2 Å². The summed E-state index contributed by atoms with van der Waals surface area (Å²) in [5, 5.41) is 0.177. The zero-order chi connectivity index (χ0) is 13.1. The van der Waals surface area contributed by atoms with E-state index < -0.39 is 19.0 Å². The molecule has 0 aliphatic rings. The van der Waals surface area contributed by atoms with Crippen LogP contribution in [-0.2, 0) is 0 Å². The average Bonchev–Trinajstić information content (AvgIpc) is 2.25. The van der Waals surface area contributed by atoms with E-state index in [1.54, 1.807) is 0 Å². The molecular formula is C11H7ClF4O. The van der Waals surface area contributed by atoms with Crippen LogP contribution in [0.3, 0.4) is 0 Å². The second-order valence-corrected chi connectivity index (χ2v) is 3.61. The summed E-state index contributed by atoms with van der Waals surface area (Å²) in [6.45, 7) is -1.44. The molecule has 92 valence electrons. The molecule has 0 spiro atoms. The molecular weight excluding hydrogens is 260 g/mol. The second kappa shape index (κ2) is 5.28. The molecule has 0 unspecified atom stereocenters. The minimum atomic E-state index is -4.21. The zero-order valence-electron chi connectivity index (χ0n) is 8.39. The monoisotopic (exact) mass is 266 g/mol. The summed E-state index contributed by atoms with van der Waals surface area (Å²) in [4.78, 5) is 0. The fourth-order valence-electron chi connectivity index (χ4n) is 0.972. The molecule has 0 saturated heterocycles. The van der Waals surface area contributed by atoms with E-state index >= 15 is 0 Å². The van der Waals surface area contributed by atoms with E-state index in [0.29, 0.717) is 5.56 Å². The van der Waals surface area contributed by atoms with Crippen LogP contribution in [0.5, 0.6) is 5.75 Å². The number of rotatable bonds is 4. The molecule has 1 rings (SSSR count). The fraction of sp³-hybridized carbons (Fsp3) is 0.273. The Morgan fingerprint density at radius 3 is 2.53 bits per heavy atom. The highest BCUT2D eigenvalue weighted by Crippen LogP contribution is 2.26. The van der Waals surface area contributed by atoms with Gasteiger partial charge < -0.3 is 4.74 Å². The van der Waals surface area contributed by atoms with Gasteiger partial charge in [-0.2, -0.15) is 8.78 Å². The lowest BCUT2D eigenvalue weighted by Gasteiger charge is -2.16. The fourth-order valence-corrected chi connectivity index (χ4v) is 1.20. The quantitative estimate of drug-likeness (QED) is 0.598. The second-order valence-electron chi connectivity index (χ2n) is 3.17. The Labute approximate surface area is 100 Å². The van der Waals surface area contributed by atoms with Crippen LogP contribution in [0, 0.1) is 12.3 Å². The minimum Gasteiger partial charge on any atom is -0.487 e. The molecule has 0 bridgehead atoms. The van der Waals surface area contributed by atoms with Crippen LogP contribution in [-0.4, -0.2) is 19.0 Å². The van der Waals surface area contributed by atoms with Crippen LogP contribution in [0.4, 0.5) is 17.6 Å². The van der Waals surface area contributed by atoms with Crippen LogP contribution >= 0.6 is 11.6 Å². The maximum Gasteiger partial charge on any atom is 0.340 e. The Bertz CT molecular complexity index is 440. The van der Waals surface area contributed by atoms with E-state index in [2.05, 4.69) is 10.7 Å². The van der Waals surface area contributed by atoms with Gasteiger partial charge >= 0.3 is 12.3 Å². The van der Waals surface area contributed by atoms with Crippen LogP contribution in [0.1, 0.15) is 5.56 Å². The minimum absolute atomic E-state index is 0.0780. The largest absolute Gasteiger partial charge is 0.487 e. The first-order valence-corrected chi connectivity index (χ1v) is 4.79. The summed E-state index contributed by atoms with van der Waals surface area (Å²) in [6, 6.07) is 3.89. The number of alkyl halides is 4. The molecule has 0 heterocycles. The summed E-state index contributed by atoms with van der Waals surface area (Å²) in [7, 11) is 0. The van der Waals surface area contributed by atoms with Crippen molar-refractivity contribution in [1.82, 2.24) is 0 Å². The van der Waals surface area contributed by atoms with Crippen LogP contribution < -0.4 is 4.74 Å². The summed E-state index contributed by atoms with van der Waals surface area (Å²) in [5.74, 6) is -2.06. The molecule has 0 radical (unpaired) electrons. The van der Waals surface area contributed by atoms with Crippen molar-refractivity contribution in [1.29, 1.82) is 0 Å². The molecule has 0 amide bonds. The summed E-state index contributed by atoms with van der Waals surface area (Å²) in [6.07, 6.45) is 1.30. The van der Waals surface area contributed by atoms with E-state index in [4.69, 9.17) is 18.0 Å². The lowest BCUT2D eigenvalue weighted by atomic mass is 10.2. The predicted octanol–water partition coefficient (Wildman–Crippen LogP) is 3.60. The van der Waals surface area contributed by atoms with Crippen molar-refractivity contribution in [2.24, 2.45) is 0 Å². The van der Waals surface area contributed by atoms with Gasteiger partial charge in [-0.1, -0.05) is 17.5 Å². The number of ether oxygens (including phenoxy) is 1. The first-order valence-electron chi connectivity index (χ1n) is 4.41. The molecule has 0 saturated carbocycles. The molecule has 17 heavy (non-hydrogen) atoms. The Kier molecular flexibility index (Phi) is 4.24. The van der Waals surface area contributed by atoms with Crippen molar-refractivity contribution < 1.29 is 22.3 Å². The van der Waals surface area contributed by atoms with Gasteiger partial charge in [-0.3, -0.25) is 0 Å². The first-order chi connectivity index (χ1) is 7.85. The van der Waals surface area contributed by atoms with Gasteiger partial charge in [-0.15, -0.1) is 6.42 Å². The topological polar surface area (TPSA) is 9.23 Å². The summed E-state index contributed by atoms with van der Waals surface area (Å²) < 4.78 is 53.4. The van der Waals surface area contributed by atoms with Gasteiger partial charge in [0.2, 0.25) is 0 Å². The highest BCUT2D eigenvalue weighted by atomic mass is 35.5. The van der Waals surface area contributed by atoms with E-state index in [1.165, 1.54) is 18.2 Å². The van der Waals surface area contributed by atoms with E-state index in [0.717, 1.165) is 0 Å². The van der Waals surface area contributed by atoms with E-state index in [-0.39, 0.29) is 10.8 Å². The number of halogens is 5. The number of hydrogen-bond acceptors (Lipinski definition) is 1. The molecule has 0 N–H and O–H groups in total. The third kappa shape index (κ3) is 3.82. The molecule has 1 aromatic carbocycles. The molecule has 0 aliphatic heterocycles. The zero-order valence-corrected chi connectivity index (χ0v) is 9.15. The molecule has 1 nitrogen and oxygen atoms in total. The van der Waals surface area contributed by atoms with Gasteiger partial charge in [-0.05, 0) is 18.2 Å². The summed E-state index contributed by atoms with van der Waals surface area (Å²) >= 11 is 5.63. The highest BCUT2D eigenvalue weighted by molar-refractivity contribution is 6.30. The lowest BCUT2D eigenvalue weighted by Crippen LogP contribution is -2.33. The summed E-state index contributed by atoms with van der Waals surface area (Å²) in [5.41, 5.74) is 0.313. The molecule has 6 heteroatoms. The molecule has 0 atom stereocenters. The number of terminal acetylenes is 1. The third-order valence-electron chi connectivity index (χ3n) is 1.79. The molecule has 0 fully saturated rings. The normalized spacial score (nSPS) is 11.4. The van der Waals surface area contributed by atoms with Gasteiger partial charge in [0.25, 0.3) is 0 Å². The van der Waals surface area contributed by atoms with Gasteiger partial charge in [0, 0.05) is 10.6 Å². The van der Waals surface area contributed by atoms with Crippen LogP contribution in [0.25, 0.3) is 0 Å². The van der Waals surface area contributed by atoms with Crippen LogP contribution in [0.2, 0.25) is 5.02 Å². The Morgan fingerprint density at radius 1 is 1.35 bits per heavy atom. The van der Waals surface area contributed by atoms with Crippen molar-refractivity contribution in [3.8, 4) is 18.1 Å². The smallest absolute Gasteiger partial charge is 0.340 e. The average molecular weight is 267 g/mol. The molecule has 0 aromatic heterocycles. The SMILES string of the molecule is C#Cc1cc(Cl)cc(OCC(F)(F)C(F)F)c1. The lowest BCUT2D eigenvalue weighted by molar-refractivity contribution is -0.148. The van der Waals surface area contributed by atoms with Crippen molar-refractivity contribution in [2.75, 3.05) is 6.61 Å². The third-order valence-corrected chi connectivity index (χ3v) is 2.01. The molecule has 1 aromatic rings. The highest BCUT2D eigenvalue weighted by Gasteiger charge is 2.41. The van der Waals surface area contributed by atoms with Crippen molar-refractivity contribution >= 4 is 11.6 Å². The maximum atomic E-state index is 12.6. The van der Waals surface area contributed by atoms with Crippen molar-refractivity contribution in [3.05, 3.63) is 28.8 Å². The van der Waals surface area contributed by atoms with Gasteiger partial charge in [0.05, 0.1) is 0 Å². The molecule has 0 aliphatic carbocycles. The Hall–Kier alpha value is -1.41. The van der Waals surface area contributed by atoms with E-state index in [1.807, 2.05) is 0 Å². The van der Waals surface area contributed by atoms with Gasteiger partial charge in [0.1, 0.15) is 5.75 Å². The van der Waals surface area contributed by atoms with Crippen molar-refractivity contribution in [2.45, 2.75) is 12.3 Å². The number of hydrogen-bond donors (Lipinski definition) is 0. The predicted molar refractivity (Wildman–Crippen MR) is 55.8 cm³/mol.